The van der Waals surface area contributed by atoms with Gasteiger partial charge in [0.05, 0.1) is 6.04 Å². The molecule has 0 saturated carbocycles. The van der Waals surface area contributed by atoms with Crippen molar-refractivity contribution in [2.45, 2.75) is 13.0 Å². The van der Waals surface area contributed by atoms with Gasteiger partial charge >= 0.3 is 0 Å². The highest BCUT2D eigenvalue weighted by atomic mass is 79.9. The smallest absolute Gasteiger partial charge is 0.128 e. The third kappa shape index (κ3) is 2.74. The summed E-state index contributed by atoms with van der Waals surface area (Å²) in [6, 6.07) is 9.74. The van der Waals surface area contributed by atoms with Gasteiger partial charge in [0.2, 0.25) is 0 Å². The van der Waals surface area contributed by atoms with Crippen LogP contribution in [0.4, 0.5) is 4.39 Å². The molecule has 0 aliphatic heterocycles. The van der Waals surface area contributed by atoms with E-state index in [1.807, 2.05) is 19.1 Å². The van der Waals surface area contributed by atoms with Gasteiger partial charge < -0.3 is 5.73 Å². The summed E-state index contributed by atoms with van der Waals surface area (Å²) in [5, 5.41) is 0.681. The number of hydrogen-bond donors (Lipinski definition) is 1. The van der Waals surface area contributed by atoms with Gasteiger partial charge in [-0.05, 0) is 42.3 Å². The van der Waals surface area contributed by atoms with Crippen molar-refractivity contribution in [1.29, 1.82) is 0 Å². The second-order valence-electron chi connectivity index (χ2n) is 4.15. The number of benzene rings is 2. The molecule has 0 aliphatic rings. The molecule has 1 atom stereocenters. The normalized spacial score (nSPS) is 12.5. The van der Waals surface area contributed by atoms with Crippen molar-refractivity contribution in [3.63, 3.8) is 0 Å². The summed E-state index contributed by atoms with van der Waals surface area (Å²) in [7, 11) is 0. The molecule has 0 bridgehead atoms. The molecule has 0 fully saturated rings. The van der Waals surface area contributed by atoms with Crippen LogP contribution in [0.1, 0.15) is 22.7 Å². The molecule has 0 saturated heterocycles. The topological polar surface area (TPSA) is 26.0 Å². The van der Waals surface area contributed by atoms with Crippen molar-refractivity contribution >= 4 is 27.5 Å². The van der Waals surface area contributed by atoms with Crippen molar-refractivity contribution in [2.75, 3.05) is 0 Å². The van der Waals surface area contributed by atoms with E-state index in [-0.39, 0.29) is 5.82 Å². The lowest BCUT2D eigenvalue weighted by molar-refractivity contribution is 0.599. The molecule has 18 heavy (non-hydrogen) atoms. The largest absolute Gasteiger partial charge is 0.320 e. The quantitative estimate of drug-likeness (QED) is 0.856. The first-order chi connectivity index (χ1) is 8.49. The number of halogens is 3. The Bertz CT molecular complexity index is 586. The summed E-state index contributed by atoms with van der Waals surface area (Å²) in [5.74, 6) is -0.307. The van der Waals surface area contributed by atoms with Gasteiger partial charge in [0.15, 0.2) is 0 Å². The number of hydrogen-bond acceptors (Lipinski definition) is 1. The third-order valence-corrected chi connectivity index (χ3v) is 3.75. The molecule has 4 heteroatoms. The molecular formula is C14H12BrClFN. The van der Waals surface area contributed by atoms with Crippen molar-refractivity contribution in [2.24, 2.45) is 5.73 Å². The lowest BCUT2D eigenvalue weighted by Gasteiger charge is -2.15. The minimum absolute atomic E-state index is 0.307. The Hall–Kier alpha value is -0.900. The van der Waals surface area contributed by atoms with Crippen LogP contribution in [-0.4, -0.2) is 0 Å². The minimum Gasteiger partial charge on any atom is -0.320 e. The summed E-state index contributed by atoms with van der Waals surface area (Å²) < 4.78 is 14.6. The lowest BCUT2D eigenvalue weighted by atomic mass is 9.98. The van der Waals surface area contributed by atoms with Crippen molar-refractivity contribution in [3.8, 4) is 0 Å². The average Bonchev–Trinajstić information content (AvgIpc) is 2.35. The monoisotopic (exact) mass is 327 g/mol. The van der Waals surface area contributed by atoms with E-state index < -0.39 is 6.04 Å². The number of aryl methyl sites for hydroxylation is 1. The Kier molecular flexibility index (Phi) is 4.05. The predicted molar refractivity (Wildman–Crippen MR) is 76.3 cm³/mol. The van der Waals surface area contributed by atoms with Crippen LogP contribution in [0.3, 0.4) is 0 Å². The van der Waals surface area contributed by atoms with E-state index in [0.717, 1.165) is 15.6 Å². The van der Waals surface area contributed by atoms with Crippen LogP contribution in [-0.2, 0) is 0 Å². The summed E-state index contributed by atoms with van der Waals surface area (Å²) >= 11 is 9.29. The molecule has 0 aromatic heterocycles. The van der Waals surface area contributed by atoms with Crippen LogP contribution >= 0.6 is 27.5 Å². The summed E-state index contributed by atoms with van der Waals surface area (Å²) in [4.78, 5) is 0. The van der Waals surface area contributed by atoms with Gasteiger partial charge in [-0.3, -0.25) is 0 Å². The second kappa shape index (κ2) is 5.39. The zero-order valence-electron chi connectivity index (χ0n) is 9.75. The van der Waals surface area contributed by atoms with Crippen LogP contribution in [0.2, 0.25) is 5.02 Å². The fourth-order valence-electron chi connectivity index (χ4n) is 1.79. The molecule has 0 heterocycles. The van der Waals surface area contributed by atoms with Crippen LogP contribution in [0.5, 0.6) is 0 Å². The fourth-order valence-corrected chi connectivity index (χ4v) is 2.29. The molecule has 0 amide bonds. The molecule has 0 spiro atoms. The first-order valence-electron chi connectivity index (χ1n) is 5.45. The molecule has 2 aromatic carbocycles. The Morgan fingerprint density at radius 3 is 2.61 bits per heavy atom. The van der Waals surface area contributed by atoms with E-state index >= 15 is 0 Å². The van der Waals surface area contributed by atoms with Crippen LogP contribution in [0.25, 0.3) is 0 Å². The number of rotatable bonds is 2. The van der Waals surface area contributed by atoms with Crippen molar-refractivity contribution < 1.29 is 4.39 Å². The zero-order chi connectivity index (χ0) is 13.3. The molecule has 1 nitrogen and oxygen atoms in total. The standard InChI is InChI=1S/C14H12BrClFN/c1-8-6-9(2-4-12(8)16)14(18)11-7-10(15)3-5-13(11)17/h2-7,14H,18H2,1H3. The maximum Gasteiger partial charge on any atom is 0.128 e. The molecule has 0 radical (unpaired) electrons. The van der Waals surface area contributed by atoms with Gasteiger partial charge in [-0.1, -0.05) is 39.7 Å². The summed E-state index contributed by atoms with van der Waals surface area (Å²) in [5.41, 5.74) is 8.34. The molecule has 2 N–H and O–H groups in total. The minimum atomic E-state index is -0.501. The third-order valence-electron chi connectivity index (χ3n) is 2.83. The van der Waals surface area contributed by atoms with E-state index in [2.05, 4.69) is 15.9 Å². The van der Waals surface area contributed by atoms with Crippen LogP contribution < -0.4 is 5.73 Å². The Morgan fingerprint density at radius 2 is 1.94 bits per heavy atom. The Labute approximate surface area is 119 Å². The average molecular weight is 329 g/mol. The van der Waals surface area contributed by atoms with Gasteiger partial charge in [0, 0.05) is 15.1 Å². The van der Waals surface area contributed by atoms with E-state index in [0.29, 0.717) is 10.6 Å². The number of nitrogens with two attached hydrogens (primary N) is 1. The van der Waals surface area contributed by atoms with Crippen molar-refractivity contribution in [1.82, 2.24) is 0 Å². The first kappa shape index (κ1) is 13.5. The Morgan fingerprint density at radius 1 is 1.22 bits per heavy atom. The molecule has 2 aromatic rings. The van der Waals surface area contributed by atoms with E-state index in [1.54, 1.807) is 18.2 Å². The van der Waals surface area contributed by atoms with Crippen molar-refractivity contribution in [3.05, 3.63) is 68.4 Å². The predicted octanol–water partition coefficient (Wildman–Crippen LogP) is 4.60. The molecule has 94 valence electrons. The fraction of sp³-hybridized carbons (Fsp3) is 0.143. The van der Waals surface area contributed by atoms with Gasteiger partial charge in [0.25, 0.3) is 0 Å². The Balaban J connectivity index is 2.44. The van der Waals surface area contributed by atoms with Gasteiger partial charge in [-0.25, -0.2) is 4.39 Å². The maximum absolute atomic E-state index is 13.8. The molecule has 2 rings (SSSR count). The van der Waals surface area contributed by atoms with E-state index in [4.69, 9.17) is 17.3 Å². The lowest BCUT2D eigenvalue weighted by Crippen LogP contribution is -2.13. The summed E-state index contributed by atoms with van der Waals surface area (Å²) in [6.07, 6.45) is 0. The SMILES string of the molecule is Cc1cc(C(N)c2cc(Br)ccc2F)ccc1Cl. The van der Waals surface area contributed by atoms with Gasteiger partial charge in [-0.2, -0.15) is 0 Å². The highest BCUT2D eigenvalue weighted by Crippen LogP contribution is 2.27. The highest BCUT2D eigenvalue weighted by molar-refractivity contribution is 9.10. The summed E-state index contributed by atoms with van der Waals surface area (Å²) in [6.45, 7) is 1.90. The van der Waals surface area contributed by atoms with Gasteiger partial charge in [0.1, 0.15) is 5.82 Å². The zero-order valence-corrected chi connectivity index (χ0v) is 12.1. The molecular weight excluding hydrogens is 317 g/mol. The van der Waals surface area contributed by atoms with Crippen LogP contribution in [0.15, 0.2) is 40.9 Å². The maximum atomic E-state index is 13.8. The van der Waals surface area contributed by atoms with E-state index in [1.165, 1.54) is 6.07 Å². The first-order valence-corrected chi connectivity index (χ1v) is 6.62. The van der Waals surface area contributed by atoms with Gasteiger partial charge in [-0.15, -0.1) is 0 Å². The van der Waals surface area contributed by atoms with E-state index in [9.17, 15) is 4.39 Å². The molecule has 0 aliphatic carbocycles. The van der Waals surface area contributed by atoms with Crippen LogP contribution in [0, 0.1) is 12.7 Å². The second-order valence-corrected chi connectivity index (χ2v) is 5.48. The molecule has 1 unspecified atom stereocenters. The highest BCUT2D eigenvalue weighted by Gasteiger charge is 2.14.